The van der Waals surface area contributed by atoms with Gasteiger partial charge in [0.1, 0.15) is 0 Å². The molecule has 2 rings (SSSR count). The summed E-state index contributed by atoms with van der Waals surface area (Å²) in [7, 11) is 0. The summed E-state index contributed by atoms with van der Waals surface area (Å²) in [4.78, 5) is 11.2. The fourth-order valence-corrected chi connectivity index (χ4v) is 1.75. The van der Waals surface area contributed by atoms with E-state index in [1.165, 1.54) is 0 Å². The highest BCUT2D eigenvalue weighted by atomic mass is 32.1. The zero-order valence-corrected chi connectivity index (χ0v) is 7.64. The van der Waals surface area contributed by atoms with Gasteiger partial charge in [-0.3, -0.25) is 4.79 Å². The van der Waals surface area contributed by atoms with Crippen molar-refractivity contribution in [3.05, 3.63) is 41.2 Å². The van der Waals surface area contributed by atoms with E-state index >= 15 is 0 Å². The fourth-order valence-electron chi connectivity index (χ4n) is 1.41. The van der Waals surface area contributed by atoms with Gasteiger partial charge in [-0.25, -0.2) is 4.39 Å². The molecule has 0 aliphatic heterocycles. The van der Waals surface area contributed by atoms with Crippen molar-refractivity contribution >= 4 is 23.3 Å². The number of benzene rings is 1. The second kappa shape index (κ2) is 3.00. The van der Waals surface area contributed by atoms with Crippen LogP contribution in [0.2, 0.25) is 0 Å². The van der Waals surface area contributed by atoms with Crippen LogP contribution in [0.4, 0.5) is 4.39 Å². The molecule has 0 N–H and O–H groups in total. The predicted octanol–water partition coefficient (Wildman–Crippen LogP) is 2.38. The molecule has 1 aliphatic carbocycles. The van der Waals surface area contributed by atoms with Crippen LogP contribution in [-0.2, 0) is 11.2 Å². The number of Topliss-reactive ketones (excluding diaryl/α,β-unsaturated/α-hetero) is 1. The maximum Gasteiger partial charge on any atom is 0.196 e. The van der Waals surface area contributed by atoms with Gasteiger partial charge >= 0.3 is 0 Å². The van der Waals surface area contributed by atoms with Crippen molar-refractivity contribution in [2.75, 3.05) is 0 Å². The number of thiol groups is 1. The number of hydrogen-bond donors (Lipinski definition) is 1. The monoisotopic (exact) mass is 194 g/mol. The van der Waals surface area contributed by atoms with Crippen molar-refractivity contribution in [3.8, 4) is 0 Å². The maximum absolute atomic E-state index is 13.1. The predicted molar refractivity (Wildman–Crippen MR) is 52.2 cm³/mol. The Morgan fingerprint density at radius 3 is 2.77 bits per heavy atom. The third kappa shape index (κ3) is 1.29. The largest absolute Gasteiger partial charge is 0.291 e. The molecule has 0 saturated heterocycles. The van der Waals surface area contributed by atoms with Crippen LogP contribution in [0.1, 0.15) is 11.1 Å². The summed E-state index contributed by atoms with van der Waals surface area (Å²) in [5, 5.41) is 0. The van der Waals surface area contributed by atoms with E-state index < -0.39 is 11.6 Å². The van der Waals surface area contributed by atoms with Crippen LogP contribution in [0.3, 0.4) is 0 Å². The molecule has 0 fully saturated rings. The van der Waals surface area contributed by atoms with Gasteiger partial charge < -0.3 is 0 Å². The highest BCUT2D eigenvalue weighted by Gasteiger charge is 2.22. The van der Waals surface area contributed by atoms with E-state index in [0.29, 0.717) is 0 Å². The number of hydrogen-bond acceptors (Lipinski definition) is 2. The average molecular weight is 194 g/mol. The zero-order valence-electron chi connectivity index (χ0n) is 6.75. The summed E-state index contributed by atoms with van der Waals surface area (Å²) in [6, 6.07) is 7.22. The summed E-state index contributed by atoms with van der Waals surface area (Å²) >= 11 is 3.98. The molecule has 0 unspecified atom stereocenters. The van der Waals surface area contributed by atoms with E-state index in [4.69, 9.17) is 0 Å². The molecule has 0 amide bonds. The first kappa shape index (κ1) is 8.51. The number of rotatable bonds is 0. The minimum absolute atomic E-state index is 0.145. The Morgan fingerprint density at radius 1 is 1.31 bits per heavy atom. The Bertz CT molecular complexity index is 409. The van der Waals surface area contributed by atoms with Gasteiger partial charge in [-0.15, -0.1) is 12.6 Å². The SMILES string of the molecule is O=C1Cc2ccccc2C(S)=C1F. The Hall–Kier alpha value is -1.09. The van der Waals surface area contributed by atoms with Crippen LogP contribution in [0.25, 0.3) is 4.91 Å². The third-order valence-corrected chi connectivity index (χ3v) is 2.51. The lowest BCUT2D eigenvalue weighted by Crippen LogP contribution is -2.11. The average Bonchev–Trinajstić information content (AvgIpc) is 2.15. The van der Waals surface area contributed by atoms with Crippen LogP contribution < -0.4 is 0 Å². The van der Waals surface area contributed by atoms with E-state index in [-0.39, 0.29) is 11.3 Å². The van der Waals surface area contributed by atoms with Gasteiger partial charge in [-0.05, 0) is 11.1 Å². The zero-order chi connectivity index (χ0) is 9.42. The molecule has 1 aliphatic rings. The number of fused-ring (bicyclic) bond motifs is 1. The van der Waals surface area contributed by atoms with Gasteiger partial charge in [0.15, 0.2) is 11.6 Å². The molecule has 0 atom stereocenters. The van der Waals surface area contributed by atoms with Gasteiger partial charge in [-0.1, -0.05) is 24.3 Å². The molecule has 0 aromatic heterocycles. The topological polar surface area (TPSA) is 17.1 Å². The molecule has 0 spiro atoms. The normalized spacial score (nSPS) is 16.0. The minimum atomic E-state index is -0.720. The van der Waals surface area contributed by atoms with Crippen LogP contribution in [0.5, 0.6) is 0 Å². The molecule has 1 nitrogen and oxygen atoms in total. The molecule has 1 aromatic rings. The molecule has 0 bridgehead atoms. The van der Waals surface area contributed by atoms with Gasteiger partial charge in [-0.2, -0.15) is 0 Å². The molecule has 3 heteroatoms. The third-order valence-electron chi connectivity index (χ3n) is 2.08. The van der Waals surface area contributed by atoms with E-state index in [1.807, 2.05) is 12.1 Å². The van der Waals surface area contributed by atoms with Crippen LogP contribution in [0, 0.1) is 0 Å². The first-order valence-electron chi connectivity index (χ1n) is 3.90. The number of carbonyl (C=O) groups is 1. The Kier molecular flexibility index (Phi) is 1.96. The number of carbonyl (C=O) groups excluding carboxylic acids is 1. The smallest absolute Gasteiger partial charge is 0.196 e. The minimum Gasteiger partial charge on any atom is -0.291 e. The highest BCUT2D eigenvalue weighted by Crippen LogP contribution is 2.32. The molecule has 0 heterocycles. The van der Waals surface area contributed by atoms with E-state index in [2.05, 4.69) is 12.6 Å². The number of ketones is 1. The fraction of sp³-hybridized carbons (Fsp3) is 0.100. The lowest BCUT2D eigenvalue weighted by molar-refractivity contribution is -0.116. The highest BCUT2D eigenvalue weighted by molar-refractivity contribution is 7.90. The van der Waals surface area contributed by atoms with E-state index in [1.54, 1.807) is 12.1 Å². The van der Waals surface area contributed by atoms with Gasteiger partial charge in [0.25, 0.3) is 0 Å². The molecule has 0 radical (unpaired) electrons. The standard InChI is InChI=1S/C10H7FOS/c11-9-8(12)5-6-3-1-2-4-7(6)10(9)13/h1-4,13H,5H2. The van der Waals surface area contributed by atoms with Crippen molar-refractivity contribution in [2.45, 2.75) is 6.42 Å². The van der Waals surface area contributed by atoms with Gasteiger partial charge in [0.2, 0.25) is 0 Å². The summed E-state index contributed by atoms with van der Waals surface area (Å²) in [6.45, 7) is 0. The Labute approximate surface area is 80.7 Å². The number of halogens is 1. The lowest BCUT2D eigenvalue weighted by Gasteiger charge is -2.14. The Balaban J connectivity index is 2.66. The van der Waals surface area contributed by atoms with Crippen molar-refractivity contribution in [3.63, 3.8) is 0 Å². The first-order chi connectivity index (χ1) is 6.20. The van der Waals surface area contributed by atoms with Crippen LogP contribution in [0.15, 0.2) is 30.1 Å². The van der Waals surface area contributed by atoms with Gasteiger partial charge in [0.05, 0.1) is 4.91 Å². The second-order valence-corrected chi connectivity index (χ2v) is 3.37. The second-order valence-electron chi connectivity index (χ2n) is 2.92. The van der Waals surface area contributed by atoms with Crippen molar-refractivity contribution in [1.29, 1.82) is 0 Å². The van der Waals surface area contributed by atoms with E-state index in [9.17, 15) is 9.18 Å². The Morgan fingerprint density at radius 2 is 2.00 bits per heavy atom. The number of allylic oxidation sites excluding steroid dienone is 1. The summed E-state index contributed by atoms with van der Waals surface area (Å²) in [5.41, 5.74) is 1.57. The van der Waals surface area contributed by atoms with E-state index in [0.717, 1.165) is 11.1 Å². The van der Waals surface area contributed by atoms with Gasteiger partial charge in [0, 0.05) is 6.42 Å². The molecule has 13 heavy (non-hydrogen) atoms. The quantitative estimate of drug-likeness (QED) is 0.627. The summed E-state index contributed by atoms with van der Waals surface area (Å²) in [5.74, 6) is -1.20. The van der Waals surface area contributed by atoms with Crippen LogP contribution in [-0.4, -0.2) is 5.78 Å². The lowest BCUT2D eigenvalue weighted by atomic mass is 9.96. The van der Waals surface area contributed by atoms with Crippen molar-refractivity contribution < 1.29 is 9.18 Å². The van der Waals surface area contributed by atoms with Crippen molar-refractivity contribution in [1.82, 2.24) is 0 Å². The molecular formula is C10H7FOS. The molecular weight excluding hydrogens is 187 g/mol. The van der Waals surface area contributed by atoms with Crippen LogP contribution >= 0.6 is 12.6 Å². The maximum atomic E-state index is 13.1. The molecule has 66 valence electrons. The summed E-state index contributed by atoms with van der Waals surface area (Å²) < 4.78 is 13.1. The molecule has 0 saturated carbocycles. The first-order valence-corrected chi connectivity index (χ1v) is 4.35. The summed E-state index contributed by atoms with van der Waals surface area (Å²) in [6.07, 6.45) is 0.145. The van der Waals surface area contributed by atoms with Crippen molar-refractivity contribution in [2.24, 2.45) is 0 Å². The molecule has 1 aromatic carbocycles.